The number of carbonyl (C=O) groups excluding carboxylic acids is 2. The summed E-state index contributed by atoms with van der Waals surface area (Å²) in [6, 6.07) is 4.35. The number of methoxy groups -OCH3 is 1. The lowest BCUT2D eigenvalue weighted by atomic mass is 10.1. The largest absolute Gasteiger partial charge is 0.497 e. The molecule has 1 atom stereocenters. The molecule has 1 aromatic carbocycles. The highest BCUT2D eigenvalue weighted by Gasteiger charge is 2.28. The summed E-state index contributed by atoms with van der Waals surface area (Å²) in [4.78, 5) is 23.5. The van der Waals surface area contributed by atoms with E-state index in [2.05, 4.69) is 5.32 Å². The van der Waals surface area contributed by atoms with Gasteiger partial charge < -0.3 is 14.8 Å². The molecule has 0 spiro atoms. The standard InChI is InChI=1S/C15H19NO6S/c1-10(17)13-7-12(21-2)3-4-14(13)22-8-15(18)16-11-5-6-23(19,20)9-11/h3-4,7,11H,5-6,8-9H2,1-2H3,(H,16,18). The Morgan fingerprint density at radius 1 is 1.35 bits per heavy atom. The Morgan fingerprint density at radius 2 is 2.09 bits per heavy atom. The molecule has 1 saturated heterocycles. The number of ether oxygens (including phenoxy) is 2. The van der Waals surface area contributed by atoms with Gasteiger partial charge in [0.1, 0.15) is 11.5 Å². The molecule has 1 unspecified atom stereocenters. The number of rotatable bonds is 6. The summed E-state index contributed by atoms with van der Waals surface area (Å²) in [5, 5.41) is 2.62. The minimum absolute atomic E-state index is 0.0417. The quantitative estimate of drug-likeness (QED) is 0.760. The number of hydrogen-bond acceptors (Lipinski definition) is 6. The van der Waals surface area contributed by atoms with E-state index in [1.54, 1.807) is 18.2 Å². The first-order valence-electron chi connectivity index (χ1n) is 7.12. The summed E-state index contributed by atoms with van der Waals surface area (Å²) >= 11 is 0. The fraction of sp³-hybridized carbons (Fsp3) is 0.467. The second kappa shape index (κ2) is 6.99. The molecular formula is C15H19NO6S. The monoisotopic (exact) mass is 341 g/mol. The van der Waals surface area contributed by atoms with Gasteiger partial charge in [0.2, 0.25) is 0 Å². The van der Waals surface area contributed by atoms with E-state index in [4.69, 9.17) is 9.47 Å². The number of Topliss-reactive ketones (excluding diaryl/α,β-unsaturated/α-hetero) is 1. The molecular weight excluding hydrogens is 322 g/mol. The van der Waals surface area contributed by atoms with Gasteiger partial charge in [0.05, 0.1) is 24.2 Å². The third-order valence-corrected chi connectivity index (χ3v) is 5.29. The number of sulfone groups is 1. The van der Waals surface area contributed by atoms with Crippen molar-refractivity contribution in [2.45, 2.75) is 19.4 Å². The van der Waals surface area contributed by atoms with Gasteiger partial charge in [-0.1, -0.05) is 0 Å². The van der Waals surface area contributed by atoms with Gasteiger partial charge in [0.25, 0.3) is 5.91 Å². The molecule has 1 amide bonds. The molecule has 1 aromatic rings. The number of ketones is 1. The summed E-state index contributed by atoms with van der Waals surface area (Å²) in [5.74, 6) is 0.223. The molecule has 126 valence electrons. The Morgan fingerprint density at radius 3 is 2.65 bits per heavy atom. The molecule has 8 heteroatoms. The van der Waals surface area contributed by atoms with Crippen LogP contribution in [0.4, 0.5) is 0 Å². The topological polar surface area (TPSA) is 98.8 Å². The fourth-order valence-electron chi connectivity index (χ4n) is 2.36. The van der Waals surface area contributed by atoms with Crippen LogP contribution in [0.3, 0.4) is 0 Å². The first kappa shape index (κ1) is 17.3. The van der Waals surface area contributed by atoms with E-state index in [1.165, 1.54) is 14.0 Å². The Hall–Kier alpha value is -2.09. The minimum atomic E-state index is -3.05. The van der Waals surface area contributed by atoms with Crippen molar-refractivity contribution in [1.29, 1.82) is 0 Å². The lowest BCUT2D eigenvalue weighted by molar-refractivity contribution is -0.123. The Balaban J connectivity index is 1.95. The molecule has 0 aromatic heterocycles. The molecule has 1 heterocycles. The number of carbonyl (C=O) groups is 2. The van der Waals surface area contributed by atoms with Crippen molar-refractivity contribution in [3.05, 3.63) is 23.8 Å². The van der Waals surface area contributed by atoms with Gasteiger partial charge in [-0.05, 0) is 31.5 Å². The van der Waals surface area contributed by atoms with E-state index in [0.29, 0.717) is 17.7 Å². The molecule has 7 nitrogen and oxygen atoms in total. The second-order valence-electron chi connectivity index (χ2n) is 5.37. The lowest BCUT2D eigenvalue weighted by Crippen LogP contribution is -2.38. The molecule has 0 aliphatic carbocycles. The van der Waals surface area contributed by atoms with Crippen LogP contribution in [0.2, 0.25) is 0 Å². The molecule has 23 heavy (non-hydrogen) atoms. The summed E-state index contributed by atoms with van der Waals surface area (Å²) in [6.45, 7) is 1.11. The van der Waals surface area contributed by atoms with Crippen LogP contribution in [-0.2, 0) is 14.6 Å². The molecule has 1 aliphatic rings. The highest BCUT2D eigenvalue weighted by molar-refractivity contribution is 7.91. The molecule has 2 rings (SSSR count). The zero-order valence-electron chi connectivity index (χ0n) is 13.0. The van der Waals surface area contributed by atoms with E-state index in [0.717, 1.165) is 0 Å². The van der Waals surface area contributed by atoms with Gasteiger partial charge in [-0.25, -0.2) is 8.42 Å². The summed E-state index contributed by atoms with van der Waals surface area (Å²) in [7, 11) is -1.56. The van der Waals surface area contributed by atoms with E-state index in [1.807, 2.05) is 0 Å². The first-order valence-corrected chi connectivity index (χ1v) is 8.94. The van der Waals surface area contributed by atoms with Crippen LogP contribution in [0.25, 0.3) is 0 Å². The Labute approximate surface area is 134 Å². The smallest absolute Gasteiger partial charge is 0.258 e. The first-order chi connectivity index (χ1) is 10.8. The zero-order valence-corrected chi connectivity index (χ0v) is 13.8. The van der Waals surface area contributed by atoms with Gasteiger partial charge in [-0.3, -0.25) is 9.59 Å². The SMILES string of the molecule is COc1ccc(OCC(=O)NC2CCS(=O)(=O)C2)c(C(C)=O)c1. The molecule has 1 aliphatic heterocycles. The van der Waals surface area contributed by atoms with Crippen molar-refractivity contribution in [3.8, 4) is 11.5 Å². The maximum Gasteiger partial charge on any atom is 0.258 e. The van der Waals surface area contributed by atoms with Gasteiger partial charge >= 0.3 is 0 Å². The normalized spacial score (nSPS) is 19.1. The number of nitrogens with one attached hydrogen (secondary N) is 1. The highest BCUT2D eigenvalue weighted by atomic mass is 32.2. The third kappa shape index (κ3) is 4.69. The zero-order chi connectivity index (χ0) is 17.0. The van der Waals surface area contributed by atoms with Crippen LogP contribution in [0.15, 0.2) is 18.2 Å². The number of hydrogen-bond donors (Lipinski definition) is 1. The maximum absolute atomic E-state index is 11.8. The van der Waals surface area contributed by atoms with Crippen molar-refractivity contribution in [2.75, 3.05) is 25.2 Å². The van der Waals surface area contributed by atoms with Gasteiger partial charge in [-0.15, -0.1) is 0 Å². The molecule has 1 fully saturated rings. The van der Waals surface area contributed by atoms with Crippen LogP contribution in [0, 0.1) is 0 Å². The van der Waals surface area contributed by atoms with Gasteiger partial charge in [0.15, 0.2) is 22.2 Å². The maximum atomic E-state index is 11.8. The average Bonchev–Trinajstić information content (AvgIpc) is 2.83. The van der Waals surface area contributed by atoms with Crippen LogP contribution in [0.1, 0.15) is 23.7 Å². The fourth-order valence-corrected chi connectivity index (χ4v) is 4.03. The van der Waals surface area contributed by atoms with Gasteiger partial charge in [-0.2, -0.15) is 0 Å². The van der Waals surface area contributed by atoms with Crippen molar-refractivity contribution < 1.29 is 27.5 Å². The van der Waals surface area contributed by atoms with Gasteiger partial charge in [0, 0.05) is 6.04 Å². The predicted octanol–water partition coefficient (Wildman–Crippen LogP) is 0.580. The highest BCUT2D eigenvalue weighted by Crippen LogP contribution is 2.24. The second-order valence-corrected chi connectivity index (χ2v) is 7.60. The third-order valence-electron chi connectivity index (χ3n) is 3.52. The molecule has 1 N–H and O–H groups in total. The molecule has 0 radical (unpaired) electrons. The van der Waals surface area contributed by atoms with Crippen LogP contribution in [0.5, 0.6) is 11.5 Å². The van der Waals surface area contributed by atoms with Crippen molar-refractivity contribution >= 4 is 21.5 Å². The van der Waals surface area contributed by atoms with Crippen molar-refractivity contribution in [2.24, 2.45) is 0 Å². The van der Waals surface area contributed by atoms with E-state index < -0.39 is 15.7 Å². The van der Waals surface area contributed by atoms with Crippen LogP contribution < -0.4 is 14.8 Å². The summed E-state index contributed by atoms with van der Waals surface area (Å²) < 4.78 is 33.1. The number of amides is 1. The molecule has 0 saturated carbocycles. The minimum Gasteiger partial charge on any atom is -0.497 e. The Bertz CT molecular complexity index is 713. The van der Waals surface area contributed by atoms with Crippen molar-refractivity contribution in [1.82, 2.24) is 5.32 Å². The van der Waals surface area contributed by atoms with E-state index >= 15 is 0 Å². The molecule has 0 bridgehead atoms. The summed E-state index contributed by atoms with van der Waals surface area (Å²) in [6.07, 6.45) is 0.412. The average molecular weight is 341 g/mol. The van der Waals surface area contributed by atoms with Crippen molar-refractivity contribution in [3.63, 3.8) is 0 Å². The number of benzene rings is 1. The Kier molecular flexibility index (Phi) is 5.25. The van der Waals surface area contributed by atoms with Crippen LogP contribution >= 0.6 is 0 Å². The van der Waals surface area contributed by atoms with E-state index in [-0.39, 0.29) is 35.7 Å². The van der Waals surface area contributed by atoms with Crippen LogP contribution in [-0.4, -0.2) is 51.4 Å². The summed E-state index contributed by atoms with van der Waals surface area (Å²) in [5.41, 5.74) is 0.320. The van der Waals surface area contributed by atoms with E-state index in [9.17, 15) is 18.0 Å². The predicted molar refractivity (Wildman–Crippen MR) is 83.7 cm³/mol. The lowest BCUT2D eigenvalue weighted by Gasteiger charge is -2.13.